The standard InChI is InChI=1S/C16H20Cl2N2O.ClH/c17-12-5-2-6-13(18)14(12)16(21)20-15-9-3-1-4-10(15)8-11(19)7-9;/h2,5-6,9-11,15H,1,3-4,7-8,19H2,(H,20,21);1H. The molecule has 6 heteroatoms. The van der Waals surface area contributed by atoms with Gasteiger partial charge in [0.1, 0.15) is 0 Å². The number of amides is 1. The fraction of sp³-hybridized carbons (Fsp3) is 0.562. The van der Waals surface area contributed by atoms with Crippen LogP contribution in [0, 0.1) is 11.8 Å². The third kappa shape index (κ3) is 3.53. The van der Waals surface area contributed by atoms with E-state index in [1.807, 2.05) is 0 Å². The monoisotopic (exact) mass is 362 g/mol. The average Bonchev–Trinajstić information content (AvgIpc) is 2.39. The van der Waals surface area contributed by atoms with Crippen LogP contribution in [0.4, 0.5) is 0 Å². The summed E-state index contributed by atoms with van der Waals surface area (Å²) < 4.78 is 0. The summed E-state index contributed by atoms with van der Waals surface area (Å²) >= 11 is 12.2. The van der Waals surface area contributed by atoms with Crippen LogP contribution in [0.15, 0.2) is 18.2 Å². The van der Waals surface area contributed by atoms with Crippen molar-refractivity contribution in [2.75, 3.05) is 0 Å². The highest BCUT2D eigenvalue weighted by Gasteiger charge is 2.40. The van der Waals surface area contributed by atoms with Gasteiger partial charge in [-0.1, -0.05) is 35.7 Å². The summed E-state index contributed by atoms with van der Waals surface area (Å²) in [6.07, 6.45) is 5.52. The Bertz CT molecular complexity index is 518. The van der Waals surface area contributed by atoms with Crippen LogP contribution in [0.3, 0.4) is 0 Å². The number of nitrogens with two attached hydrogens (primary N) is 1. The van der Waals surface area contributed by atoms with Crippen LogP contribution < -0.4 is 11.1 Å². The van der Waals surface area contributed by atoms with Gasteiger partial charge >= 0.3 is 0 Å². The lowest BCUT2D eigenvalue weighted by molar-refractivity contribution is 0.0756. The SMILES string of the molecule is Cl.NC1CC2CCCC(C1)C2NC(=O)c1c(Cl)cccc1Cl. The highest BCUT2D eigenvalue weighted by atomic mass is 35.5. The summed E-state index contributed by atoms with van der Waals surface area (Å²) in [5, 5.41) is 3.98. The second-order valence-corrected chi connectivity index (χ2v) is 7.09. The first-order valence-electron chi connectivity index (χ1n) is 7.56. The minimum Gasteiger partial charge on any atom is -0.349 e. The van der Waals surface area contributed by atoms with Gasteiger partial charge in [-0.15, -0.1) is 12.4 Å². The number of hydrogen-bond donors (Lipinski definition) is 2. The Labute approximate surface area is 147 Å². The van der Waals surface area contributed by atoms with Gasteiger partial charge in [-0.05, 0) is 49.7 Å². The van der Waals surface area contributed by atoms with Gasteiger partial charge in [-0.25, -0.2) is 0 Å². The molecule has 3 rings (SSSR count). The van der Waals surface area contributed by atoms with Gasteiger partial charge in [0.05, 0.1) is 15.6 Å². The van der Waals surface area contributed by atoms with Crippen LogP contribution in [0.1, 0.15) is 42.5 Å². The number of hydrogen-bond acceptors (Lipinski definition) is 2. The molecule has 1 aromatic rings. The van der Waals surface area contributed by atoms with Crippen LogP contribution in [0.5, 0.6) is 0 Å². The first-order chi connectivity index (χ1) is 10.1. The van der Waals surface area contributed by atoms with E-state index in [4.69, 9.17) is 28.9 Å². The maximum absolute atomic E-state index is 12.6. The normalized spacial score (nSPS) is 30.3. The molecular weight excluding hydrogens is 343 g/mol. The second-order valence-electron chi connectivity index (χ2n) is 6.28. The van der Waals surface area contributed by atoms with Crippen molar-refractivity contribution in [3.05, 3.63) is 33.8 Å². The largest absolute Gasteiger partial charge is 0.349 e. The van der Waals surface area contributed by atoms with Gasteiger partial charge in [-0.2, -0.15) is 0 Å². The molecule has 2 aliphatic rings. The Hall–Kier alpha value is -0.480. The highest BCUT2D eigenvalue weighted by Crippen LogP contribution is 2.40. The maximum Gasteiger partial charge on any atom is 0.254 e. The fourth-order valence-electron chi connectivity index (χ4n) is 3.96. The van der Waals surface area contributed by atoms with E-state index in [2.05, 4.69) is 5.32 Å². The predicted molar refractivity (Wildman–Crippen MR) is 93.0 cm³/mol. The number of fused-ring (bicyclic) bond motifs is 2. The zero-order chi connectivity index (χ0) is 15.0. The van der Waals surface area contributed by atoms with E-state index in [0.29, 0.717) is 27.4 Å². The zero-order valence-corrected chi connectivity index (χ0v) is 14.6. The number of rotatable bonds is 2. The third-order valence-corrected chi connectivity index (χ3v) is 5.49. The molecule has 0 spiro atoms. The van der Waals surface area contributed by atoms with Gasteiger partial charge < -0.3 is 11.1 Å². The van der Waals surface area contributed by atoms with Crippen molar-refractivity contribution in [3.63, 3.8) is 0 Å². The van der Waals surface area contributed by atoms with Gasteiger partial charge in [-0.3, -0.25) is 4.79 Å². The molecule has 1 aromatic carbocycles. The lowest BCUT2D eigenvalue weighted by atomic mass is 9.67. The highest BCUT2D eigenvalue weighted by molar-refractivity contribution is 6.39. The fourth-order valence-corrected chi connectivity index (χ4v) is 4.53. The number of benzene rings is 1. The molecule has 3 nitrogen and oxygen atoms in total. The smallest absolute Gasteiger partial charge is 0.254 e. The van der Waals surface area contributed by atoms with Gasteiger partial charge in [0.15, 0.2) is 0 Å². The molecule has 0 heterocycles. The van der Waals surface area contributed by atoms with Crippen molar-refractivity contribution in [2.45, 2.75) is 44.2 Å². The molecule has 0 radical (unpaired) electrons. The van der Waals surface area contributed by atoms with Crippen molar-refractivity contribution < 1.29 is 4.79 Å². The lowest BCUT2D eigenvalue weighted by Crippen LogP contribution is -2.53. The Morgan fingerprint density at radius 1 is 1.14 bits per heavy atom. The van der Waals surface area contributed by atoms with E-state index < -0.39 is 0 Å². The van der Waals surface area contributed by atoms with E-state index in [1.165, 1.54) is 6.42 Å². The number of nitrogens with one attached hydrogen (secondary N) is 1. The number of halogens is 3. The molecule has 3 N–H and O–H groups in total. The summed E-state index contributed by atoms with van der Waals surface area (Å²) in [7, 11) is 0. The molecule has 2 fully saturated rings. The Kier molecular flexibility index (Phi) is 6.00. The summed E-state index contributed by atoms with van der Waals surface area (Å²) in [5.41, 5.74) is 6.51. The minimum atomic E-state index is -0.164. The maximum atomic E-state index is 12.6. The van der Waals surface area contributed by atoms with Crippen molar-refractivity contribution in [3.8, 4) is 0 Å². The molecule has 2 unspecified atom stereocenters. The zero-order valence-electron chi connectivity index (χ0n) is 12.2. The van der Waals surface area contributed by atoms with Crippen LogP contribution >= 0.6 is 35.6 Å². The van der Waals surface area contributed by atoms with E-state index in [9.17, 15) is 4.79 Å². The molecule has 0 aliphatic heterocycles. The van der Waals surface area contributed by atoms with E-state index in [0.717, 1.165) is 25.7 Å². The van der Waals surface area contributed by atoms with E-state index in [1.54, 1.807) is 18.2 Å². The first-order valence-corrected chi connectivity index (χ1v) is 8.32. The van der Waals surface area contributed by atoms with Crippen molar-refractivity contribution >= 4 is 41.5 Å². The van der Waals surface area contributed by atoms with Crippen molar-refractivity contribution in [1.82, 2.24) is 5.32 Å². The Morgan fingerprint density at radius 2 is 1.68 bits per heavy atom. The lowest BCUT2D eigenvalue weighted by Gasteiger charge is -2.45. The molecule has 2 bridgehead atoms. The predicted octanol–water partition coefficient (Wildman–Crippen LogP) is 4.05. The Morgan fingerprint density at radius 3 is 2.23 bits per heavy atom. The number of carbonyl (C=O) groups is 1. The molecule has 2 saturated carbocycles. The van der Waals surface area contributed by atoms with Crippen molar-refractivity contribution in [1.29, 1.82) is 0 Å². The summed E-state index contributed by atoms with van der Waals surface area (Å²) in [6.45, 7) is 0. The molecule has 0 aromatic heterocycles. The van der Waals surface area contributed by atoms with Crippen molar-refractivity contribution in [2.24, 2.45) is 17.6 Å². The van der Waals surface area contributed by atoms with Crippen LogP contribution in [0.2, 0.25) is 10.0 Å². The molecular formula is C16H21Cl3N2O. The number of carbonyl (C=O) groups excluding carboxylic acids is 1. The minimum absolute atomic E-state index is 0. The van der Waals surface area contributed by atoms with Gasteiger partial charge in [0, 0.05) is 12.1 Å². The van der Waals surface area contributed by atoms with Gasteiger partial charge in [0.25, 0.3) is 5.91 Å². The topological polar surface area (TPSA) is 55.1 Å². The van der Waals surface area contributed by atoms with E-state index >= 15 is 0 Å². The molecule has 1 amide bonds. The van der Waals surface area contributed by atoms with Crippen LogP contribution in [-0.2, 0) is 0 Å². The quantitative estimate of drug-likeness (QED) is 0.833. The second kappa shape index (κ2) is 7.39. The molecule has 2 atom stereocenters. The van der Waals surface area contributed by atoms with E-state index in [-0.39, 0.29) is 30.4 Å². The third-order valence-electron chi connectivity index (χ3n) is 4.86. The molecule has 122 valence electrons. The Balaban J connectivity index is 0.00000176. The van der Waals surface area contributed by atoms with Crippen LogP contribution in [0.25, 0.3) is 0 Å². The molecule has 22 heavy (non-hydrogen) atoms. The summed E-state index contributed by atoms with van der Waals surface area (Å²) in [6, 6.07) is 5.62. The summed E-state index contributed by atoms with van der Waals surface area (Å²) in [4.78, 5) is 12.6. The first kappa shape index (κ1) is 17.9. The molecule has 2 aliphatic carbocycles. The average molecular weight is 364 g/mol. The van der Waals surface area contributed by atoms with Crippen LogP contribution in [-0.4, -0.2) is 18.0 Å². The summed E-state index contributed by atoms with van der Waals surface area (Å²) in [5.74, 6) is 0.804. The molecule has 0 saturated heterocycles. The van der Waals surface area contributed by atoms with Gasteiger partial charge in [0.2, 0.25) is 0 Å².